The fraction of sp³-hybridized carbons (Fsp3) is 0.300. The molecule has 2 aromatic carbocycles. The van der Waals surface area contributed by atoms with Crippen molar-refractivity contribution in [3.8, 4) is 5.75 Å². The molecule has 0 bridgehead atoms. The predicted molar refractivity (Wildman–Crippen MR) is 113 cm³/mol. The van der Waals surface area contributed by atoms with Crippen LogP contribution in [0.2, 0.25) is 5.02 Å². The monoisotopic (exact) mass is 454 g/mol. The van der Waals surface area contributed by atoms with E-state index in [9.17, 15) is 18.0 Å². The highest BCUT2D eigenvalue weighted by atomic mass is 35.5. The number of benzene rings is 2. The number of esters is 1. The van der Waals surface area contributed by atoms with Crippen molar-refractivity contribution in [2.45, 2.75) is 18.2 Å². The molecule has 30 heavy (non-hydrogen) atoms. The second-order valence-corrected chi connectivity index (χ2v) is 8.73. The largest absolute Gasteiger partial charge is 0.495 e. The highest BCUT2D eigenvalue weighted by Gasteiger charge is 2.27. The summed E-state index contributed by atoms with van der Waals surface area (Å²) in [5.74, 6) is -0.735. The Kier molecular flexibility index (Phi) is 8.22. The SMILES string of the molecule is CCOC(=O)Cc1ccc(NC(=O)CN(C)S(=O)(=O)c2cc(Cl)ccc2OC)cc1. The molecule has 0 aliphatic rings. The third kappa shape index (κ3) is 6.19. The molecule has 1 N–H and O–H groups in total. The maximum atomic E-state index is 12.8. The van der Waals surface area contributed by atoms with Gasteiger partial charge in [-0.2, -0.15) is 4.31 Å². The van der Waals surface area contributed by atoms with Crippen LogP contribution >= 0.6 is 11.6 Å². The molecule has 0 atom stereocenters. The van der Waals surface area contributed by atoms with Gasteiger partial charge in [-0.1, -0.05) is 23.7 Å². The summed E-state index contributed by atoms with van der Waals surface area (Å²) < 4.78 is 36.5. The first-order chi connectivity index (χ1) is 14.2. The standard InChI is InChI=1S/C20H23ClN2O6S/c1-4-29-20(25)11-14-5-8-16(9-6-14)22-19(24)13-23(2)30(26,27)18-12-15(21)7-10-17(18)28-3/h5-10,12H,4,11,13H2,1-3H3,(H,22,24). The van der Waals surface area contributed by atoms with Gasteiger partial charge in [0.25, 0.3) is 0 Å². The molecule has 0 unspecified atom stereocenters. The molecular formula is C20H23ClN2O6S. The van der Waals surface area contributed by atoms with Crippen molar-refractivity contribution < 1.29 is 27.5 Å². The van der Waals surface area contributed by atoms with Gasteiger partial charge in [0.05, 0.1) is 26.7 Å². The van der Waals surface area contributed by atoms with E-state index in [2.05, 4.69) is 5.32 Å². The van der Waals surface area contributed by atoms with Crippen molar-refractivity contribution in [2.75, 3.05) is 32.6 Å². The van der Waals surface area contributed by atoms with Gasteiger partial charge in [0.2, 0.25) is 15.9 Å². The van der Waals surface area contributed by atoms with E-state index in [-0.39, 0.29) is 28.1 Å². The lowest BCUT2D eigenvalue weighted by Gasteiger charge is -2.18. The number of rotatable bonds is 9. The van der Waals surface area contributed by atoms with Crippen molar-refractivity contribution >= 4 is 39.2 Å². The first-order valence-electron chi connectivity index (χ1n) is 9.01. The molecule has 162 valence electrons. The third-order valence-corrected chi connectivity index (χ3v) is 6.13. The number of amides is 1. The molecular weight excluding hydrogens is 432 g/mol. The topological polar surface area (TPSA) is 102 Å². The van der Waals surface area contributed by atoms with E-state index >= 15 is 0 Å². The summed E-state index contributed by atoms with van der Waals surface area (Å²) in [6.07, 6.45) is 0.129. The van der Waals surface area contributed by atoms with Gasteiger partial charge in [0, 0.05) is 17.8 Å². The number of likely N-dealkylation sites (N-methyl/N-ethyl adjacent to an activating group) is 1. The molecule has 0 heterocycles. The van der Waals surface area contributed by atoms with Gasteiger partial charge in [-0.25, -0.2) is 8.42 Å². The lowest BCUT2D eigenvalue weighted by molar-refractivity contribution is -0.142. The van der Waals surface area contributed by atoms with Crippen LogP contribution in [-0.2, 0) is 30.8 Å². The Hall–Kier alpha value is -2.62. The second kappa shape index (κ2) is 10.4. The molecule has 8 nitrogen and oxygen atoms in total. The lowest BCUT2D eigenvalue weighted by atomic mass is 10.1. The molecule has 2 rings (SSSR count). The number of anilines is 1. The molecule has 0 fully saturated rings. The van der Waals surface area contributed by atoms with Crippen LogP contribution in [0.4, 0.5) is 5.69 Å². The molecule has 0 aromatic heterocycles. The Labute approximate surface area is 180 Å². The summed E-state index contributed by atoms with van der Waals surface area (Å²) in [6, 6.07) is 10.8. The Morgan fingerprint density at radius 2 is 1.80 bits per heavy atom. The number of sulfonamides is 1. The van der Waals surface area contributed by atoms with E-state index in [4.69, 9.17) is 21.1 Å². The summed E-state index contributed by atoms with van der Waals surface area (Å²) >= 11 is 5.91. The minimum Gasteiger partial charge on any atom is -0.495 e. The number of methoxy groups -OCH3 is 1. The van der Waals surface area contributed by atoms with Gasteiger partial charge in [-0.15, -0.1) is 0 Å². The van der Waals surface area contributed by atoms with E-state index in [0.717, 1.165) is 9.87 Å². The van der Waals surface area contributed by atoms with Crippen molar-refractivity contribution in [2.24, 2.45) is 0 Å². The zero-order chi connectivity index (χ0) is 22.3. The van der Waals surface area contributed by atoms with Gasteiger partial charge in [-0.05, 0) is 42.8 Å². The van der Waals surface area contributed by atoms with Gasteiger partial charge < -0.3 is 14.8 Å². The van der Waals surface area contributed by atoms with Gasteiger partial charge >= 0.3 is 5.97 Å². The van der Waals surface area contributed by atoms with Crippen molar-refractivity contribution in [1.29, 1.82) is 0 Å². The summed E-state index contributed by atoms with van der Waals surface area (Å²) in [5.41, 5.74) is 1.21. The third-order valence-electron chi connectivity index (χ3n) is 4.07. The fourth-order valence-corrected chi connectivity index (χ4v) is 4.13. The highest BCUT2D eigenvalue weighted by molar-refractivity contribution is 7.89. The quantitative estimate of drug-likeness (QED) is 0.584. The number of carbonyl (C=O) groups excluding carboxylic acids is 2. The Morgan fingerprint density at radius 1 is 1.13 bits per heavy atom. The van der Waals surface area contributed by atoms with Crippen molar-refractivity contribution in [3.05, 3.63) is 53.1 Å². The van der Waals surface area contributed by atoms with Gasteiger partial charge in [0.15, 0.2) is 0 Å². The minimum absolute atomic E-state index is 0.129. The van der Waals surface area contributed by atoms with Crippen LogP contribution in [0, 0.1) is 0 Å². The van der Waals surface area contributed by atoms with E-state index in [1.807, 2.05) is 0 Å². The molecule has 0 aliphatic carbocycles. The maximum absolute atomic E-state index is 12.8. The van der Waals surface area contributed by atoms with Crippen LogP contribution in [0.3, 0.4) is 0 Å². The molecule has 0 radical (unpaired) electrons. The zero-order valence-corrected chi connectivity index (χ0v) is 18.4. The van der Waals surface area contributed by atoms with E-state index in [0.29, 0.717) is 12.3 Å². The zero-order valence-electron chi connectivity index (χ0n) is 16.8. The molecule has 0 saturated carbocycles. The molecule has 0 aliphatic heterocycles. The van der Waals surface area contributed by atoms with E-state index in [1.165, 1.54) is 32.4 Å². The van der Waals surface area contributed by atoms with E-state index < -0.39 is 22.5 Å². The molecule has 0 saturated heterocycles. The summed E-state index contributed by atoms with van der Waals surface area (Å²) in [7, 11) is -1.37. The average Bonchev–Trinajstić information content (AvgIpc) is 2.69. The Morgan fingerprint density at radius 3 is 2.40 bits per heavy atom. The molecule has 0 spiro atoms. The second-order valence-electron chi connectivity index (χ2n) is 6.28. The van der Waals surface area contributed by atoms with Crippen LogP contribution < -0.4 is 10.1 Å². The van der Waals surface area contributed by atoms with Gasteiger partial charge in [-0.3, -0.25) is 9.59 Å². The molecule has 10 heteroatoms. The van der Waals surface area contributed by atoms with Crippen LogP contribution in [0.15, 0.2) is 47.4 Å². The van der Waals surface area contributed by atoms with E-state index in [1.54, 1.807) is 31.2 Å². The lowest BCUT2D eigenvalue weighted by Crippen LogP contribution is -2.35. The molecule has 2 aromatic rings. The summed E-state index contributed by atoms with van der Waals surface area (Å²) in [5, 5.41) is 2.86. The number of ether oxygens (including phenoxy) is 2. The van der Waals surface area contributed by atoms with Crippen molar-refractivity contribution in [3.63, 3.8) is 0 Å². The molecule has 1 amide bonds. The number of carbonyl (C=O) groups is 2. The predicted octanol–water partition coefficient (Wildman–Crippen LogP) is 2.71. The summed E-state index contributed by atoms with van der Waals surface area (Å²) in [6.45, 7) is 1.63. The maximum Gasteiger partial charge on any atom is 0.310 e. The smallest absolute Gasteiger partial charge is 0.310 e. The van der Waals surface area contributed by atoms with Gasteiger partial charge in [0.1, 0.15) is 10.6 Å². The van der Waals surface area contributed by atoms with Crippen LogP contribution in [-0.4, -0.2) is 51.9 Å². The first-order valence-corrected chi connectivity index (χ1v) is 10.8. The number of hydrogen-bond donors (Lipinski definition) is 1. The first kappa shape index (κ1) is 23.7. The van der Waals surface area contributed by atoms with Crippen molar-refractivity contribution in [1.82, 2.24) is 4.31 Å². The van der Waals surface area contributed by atoms with Crippen LogP contribution in [0.1, 0.15) is 12.5 Å². The number of nitrogens with zero attached hydrogens (tertiary/aromatic N) is 1. The number of hydrogen-bond acceptors (Lipinski definition) is 6. The minimum atomic E-state index is -4.01. The number of nitrogens with one attached hydrogen (secondary N) is 1. The highest BCUT2D eigenvalue weighted by Crippen LogP contribution is 2.29. The van der Waals surface area contributed by atoms with Crippen LogP contribution in [0.25, 0.3) is 0 Å². The fourth-order valence-electron chi connectivity index (χ4n) is 2.59. The number of halogens is 1. The Balaban J connectivity index is 2.04. The normalized spacial score (nSPS) is 11.2. The summed E-state index contributed by atoms with van der Waals surface area (Å²) in [4.78, 5) is 23.7. The van der Waals surface area contributed by atoms with Crippen LogP contribution in [0.5, 0.6) is 5.75 Å². The average molecular weight is 455 g/mol. The Bertz CT molecular complexity index is 1010.